The summed E-state index contributed by atoms with van der Waals surface area (Å²) in [5, 5.41) is 19.1. The molecule has 0 spiro atoms. The molecule has 7 nitrogen and oxygen atoms in total. The first-order valence-electron chi connectivity index (χ1n) is 10.0. The predicted octanol–water partition coefficient (Wildman–Crippen LogP) is 6.38. The molecule has 0 fully saturated rings. The van der Waals surface area contributed by atoms with Crippen LogP contribution >= 0.6 is 129 Å². The van der Waals surface area contributed by atoms with E-state index in [-0.39, 0.29) is 11.2 Å². The molecule has 37 heavy (non-hydrogen) atoms. The third kappa shape index (κ3) is 33.6. The molecule has 20 heteroatoms. The van der Waals surface area contributed by atoms with Crippen LogP contribution in [0, 0.1) is 0 Å². The van der Waals surface area contributed by atoms with Crippen molar-refractivity contribution in [3.63, 3.8) is 0 Å². The Kier molecular flexibility index (Phi) is 36.7. The lowest BCUT2D eigenvalue weighted by Crippen LogP contribution is -2.17. The maximum absolute atomic E-state index is 11.9. The van der Waals surface area contributed by atoms with Gasteiger partial charge < -0.3 is 19.5 Å². The smallest absolute Gasteiger partial charge is 0.280 e. The summed E-state index contributed by atoms with van der Waals surface area (Å²) < 4.78 is 23.1. The second kappa shape index (κ2) is 33.7. The molecular formula is C17H33N3O4S13. The van der Waals surface area contributed by atoms with Gasteiger partial charge in [0.05, 0.1) is 23.6 Å². The van der Waals surface area contributed by atoms with E-state index in [1.807, 2.05) is 53.3 Å². The summed E-state index contributed by atoms with van der Waals surface area (Å²) >= 11 is 16.2. The van der Waals surface area contributed by atoms with Gasteiger partial charge in [-0.2, -0.15) is 0 Å². The topological polar surface area (TPSA) is 120 Å². The predicted molar refractivity (Wildman–Crippen MR) is 197 cm³/mol. The monoisotopic (exact) mass is 759 g/mol. The van der Waals surface area contributed by atoms with E-state index in [2.05, 4.69) is 15.3 Å². The first kappa shape index (κ1) is 40.2. The Hall–Kier alpha value is 3.24. The Morgan fingerprint density at radius 3 is 1.89 bits per heavy atom. The van der Waals surface area contributed by atoms with Gasteiger partial charge in [0.1, 0.15) is 0 Å². The summed E-state index contributed by atoms with van der Waals surface area (Å²) in [7, 11) is 0. The fourth-order valence-electron chi connectivity index (χ4n) is 1.51. The van der Waals surface area contributed by atoms with E-state index >= 15 is 0 Å². The Morgan fingerprint density at radius 2 is 1.27 bits per heavy atom. The summed E-state index contributed by atoms with van der Waals surface area (Å²) in [5.41, 5.74) is 3.00. The van der Waals surface area contributed by atoms with Crippen molar-refractivity contribution in [1.29, 1.82) is 0 Å². The molecular weight excluding hydrogens is 727 g/mol. The lowest BCUT2D eigenvalue weighted by atomic mass is 11.2. The van der Waals surface area contributed by atoms with E-state index < -0.39 is 22.4 Å². The molecule has 0 aliphatic carbocycles. The SMILES string of the molecule is CSC/N=C/[S+]([O-])CSCSCSCSCSC(=O)NCSCSCSCSC/N=C/[S+]([O-])CSCO. The first-order chi connectivity index (χ1) is 18.1. The molecule has 0 bridgehead atoms. The second-order valence-electron chi connectivity index (χ2n) is 5.66. The van der Waals surface area contributed by atoms with E-state index in [4.69, 9.17) is 5.11 Å². The van der Waals surface area contributed by atoms with Crippen LogP contribution in [-0.2, 0) is 22.4 Å². The Labute approximate surface area is 274 Å². The highest BCUT2D eigenvalue weighted by atomic mass is 32.3. The molecule has 0 aromatic carbocycles. The average molecular weight is 760 g/mol. The number of hydrogen-bond acceptors (Lipinski definition) is 17. The zero-order valence-electron chi connectivity index (χ0n) is 20.2. The van der Waals surface area contributed by atoms with Crippen molar-refractivity contribution in [1.82, 2.24) is 5.32 Å². The second-order valence-corrected chi connectivity index (χ2v) is 22.1. The maximum Gasteiger partial charge on any atom is 0.280 e. The van der Waals surface area contributed by atoms with Gasteiger partial charge in [-0.05, 0) is 6.26 Å². The lowest BCUT2D eigenvalue weighted by molar-refractivity contribution is 0.262. The van der Waals surface area contributed by atoms with Crippen molar-refractivity contribution < 1.29 is 19.0 Å². The van der Waals surface area contributed by atoms with Gasteiger partial charge >= 0.3 is 0 Å². The Bertz CT molecular complexity index is 573. The number of aliphatic hydroxyl groups is 1. The van der Waals surface area contributed by atoms with Crippen LogP contribution in [0.5, 0.6) is 0 Å². The van der Waals surface area contributed by atoms with Crippen molar-refractivity contribution in [2.45, 2.75) is 0 Å². The largest absolute Gasteiger partial charge is 0.610 e. The van der Waals surface area contributed by atoms with Gasteiger partial charge in [0.15, 0.2) is 10.2 Å². The van der Waals surface area contributed by atoms with Crippen LogP contribution in [0.4, 0.5) is 4.79 Å². The number of aliphatic imine (C=N–C) groups is 2. The Morgan fingerprint density at radius 1 is 0.757 bits per heavy atom. The van der Waals surface area contributed by atoms with Gasteiger partial charge in [0.2, 0.25) is 11.1 Å². The molecule has 2 N–H and O–H groups in total. The van der Waals surface area contributed by atoms with Gasteiger partial charge in [0, 0.05) is 57.9 Å². The van der Waals surface area contributed by atoms with Crippen molar-refractivity contribution in [3.8, 4) is 0 Å². The van der Waals surface area contributed by atoms with Gasteiger partial charge in [-0.15, -0.1) is 94.1 Å². The van der Waals surface area contributed by atoms with E-state index in [0.717, 1.165) is 35.6 Å². The maximum atomic E-state index is 11.9. The third-order valence-corrected chi connectivity index (χ3v) is 17.6. The molecule has 0 saturated heterocycles. The highest BCUT2D eigenvalue weighted by Crippen LogP contribution is 2.24. The van der Waals surface area contributed by atoms with Crippen LogP contribution in [-0.4, -0.2) is 106 Å². The van der Waals surface area contributed by atoms with Crippen LogP contribution in [0.2, 0.25) is 0 Å². The molecule has 0 heterocycles. The number of nitrogens with one attached hydrogen (secondary N) is 1. The van der Waals surface area contributed by atoms with E-state index in [1.165, 1.54) is 29.1 Å². The number of amides is 1. The molecule has 0 saturated carbocycles. The van der Waals surface area contributed by atoms with Crippen LogP contribution in [0.25, 0.3) is 0 Å². The highest BCUT2D eigenvalue weighted by molar-refractivity contribution is 8.31. The van der Waals surface area contributed by atoms with Crippen LogP contribution in [0.3, 0.4) is 0 Å². The van der Waals surface area contributed by atoms with Gasteiger partial charge in [0.25, 0.3) is 5.24 Å². The molecule has 2 unspecified atom stereocenters. The summed E-state index contributed by atoms with van der Waals surface area (Å²) in [6.45, 7) is 0. The molecule has 0 aromatic heterocycles. The molecule has 1 amide bonds. The molecule has 0 aliphatic rings. The van der Waals surface area contributed by atoms with E-state index in [9.17, 15) is 13.9 Å². The van der Waals surface area contributed by atoms with E-state index in [0.29, 0.717) is 27.8 Å². The fraction of sp³-hybridized carbons (Fsp3) is 0.824. The molecule has 218 valence electrons. The van der Waals surface area contributed by atoms with Crippen LogP contribution in [0.1, 0.15) is 0 Å². The minimum atomic E-state index is -1.11. The summed E-state index contributed by atoms with van der Waals surface area (Å²) in [4.78, 5) is 20.1. The minimum absolute atomic E-state index is 0.0195. The number of aliphatic hydroxyl groups excluding tert-OH is 1. The highest BCUT2D eigenvalue weighted by Gasteiger charge is 2.04. The zero-order valence-corrected chi connectivity index (χ0v) is 30.8. The molecule has 0 aromatic rings. The van der Waals surface area contributed by atoms with Gasteiger partial charge in [-0.1, -0.05) is 35.3 Å². The fourth-order valence-corrected chi connectivity index (χ4v) is 14.7. The number of hydrogen-bond donors (Lipinski definition) is 2. The summed E-state index contributed by atoms with van der Waals surface area (Å²) in [6, 6.07) is 0. The van der Waals surface area contributed by atoms with Crippen molar-refractivity contribution in [3.05, 3.63) is 0 Å². The summed E-state index contributed by atoms with van der Waals surface area (Å²) in [5.74, 6) is 1.87. The third-order valence-electron chi connectivity index (χ3n) is 2.84. The van der Waals surface area contributed by atoms with Gasteiger partial charge in [-0.25, -0.2) is 9.98 Å². The Balaban J connectivity index is 3.30. The normalized spacial score (nSPS) is 13.5. The van der Waals surface area contributed by atoms with Crippen molar-refractivity contribution >= 4 is 168 Å². The van der Waals surface area contributed by atoms with Crippen LogP contribution in [0.15, 0.2) is 9.98 Å². The number of carbonyl (C=O) groups is 1. The molecule has 0 rings (SSSR count). The molecule has 0 radical (unpaired) electrons. The average Bonchev–Trinajstić information content (AvgIpc) is 2.89. The first-order valence-corrected chi connectivity index (χ1v) is 25.6. The lowest BCUT2D eigenvalue weighted by Gasteiger charge is -2.06. The van der Waals surface area contributed by atoms with Gasteiger partial charge in [-0.3, -0.25) is 4.79 Å². The van der Waals surface area contributed by atoms with Crippen molar-refractivity contribution in [2.24, 2.45) is 9.98 Å². The number of nitrogens with zero attached hydrogens (tertiary/aromatic N) is 2. The quantitative estimate of drug-likeness (QED) is 0.0317. The zero-order chi connectivity index (χ0) is 27.2. The number of rotatable bonds is 27. The standard InChI is InChI=1S/C17H33N3O4S13/c1-25-2-18-5-37(24)16-34-13-32-11-31-12-33-14-35-17(22)20-4-27-9-30-10-29-8-26-3-19-6-36(23)15-28-7-21/h5-6,21H,2-4,7-16H2,1H3,(H,20,22)/b18-5+,19-6+. The number of thioether (sulfide) groups is 11. The minimum Gasteiger partial charge on any atom is -0.610 e. The number of carbonyl (C=O) groups excluding carboxylic acids is 1. The molecule has 0 aliphatic heterocycles. The van der Waals surface area contributed by atoms with E-state index in [1.54, 1.807) is 64.4 Å². The molecule has 2 atom stereocenters. The van der Waals surface area contributed by atoms with Crippen molar-refractivity contribution in [2.75, 3.05) is 75.6 Å². The summed E-state index contributed by atoms with van der Waals surface area (Å²) in [6.07, 6.45) is 1.97. The van der Waals surface area contributed by atoms with Crippen LogP contribution < -0.4 is 5.32 Å².